The Kier molecular flexibility index (Phi) is 45.7. The first-order chi connectivity index (χ1) is 33.7. The smallest absolute Gasteiger partial charge is 0.249 e. The third-order valence-corrected chi connectivity index (χ3v) is 14.6. The van der Waals surface area contributed by atoms with Gasteiger partial charge in [-0.15, -0.1) is 0 Å². The predicted octanol–water partition coefficient (Wildman–Crippen LogP) is 12.4. The zero-order chi connectivity index (χ0) is 50.4. The SMILES string of the molecule is CCCCCCCCC/C=C\CCCCCCC(O)C(=O)NC(COC1OC(CO)C(O)C(O)C1O)C(O)C(O)CCCCCCCCCCCCCCCCCCCCCCCCCCCCC. The minimum Gasteiger partial charge on any atom is -0.394 e. The first-order valence-electron chi connectivity index (χ1n) is 29.6. The van der Waals surface area contributed by atoms with Gasteiger partial charge in [0, 0.05) is 0 Å². The molecule has 0 spiro atoms. The number of ether oxygens (including phenoxy) is 2. The van der Waals surface area contributed by atoms with Gasteiger partial charge in [-0.3, -0.25) is 4.79 Å². The summed E-state index contributed by atoms with van der Waals surface area (Å²) in [5, 5.41) is 76.1. The number of hydrogen-bond acceptors (Lipinski definition) is 10. The number of nitrogens with one attached hydrogen (secondary N) is 1. The summed E-state index contributed by atoms with van der Waals surface area (Å²) in [6, 6.07) is -1.17. The second kappa shape index (κ2) is 47.8. The Morgan fingerprint density at radius 3 is 1.22 bits per heavy atom. The van der Waals surface area contributed by atoms with Crippen LogP contribution in [0.5, 0.6) is 0 Å². The molecule has 0 aromatic heterocycles. The van der Waals surface area contributed by atoms with Gasteiger partial charge in [0.15, 0.2) is 6.29 Å². The van der Waals surface area contributed by atoms with E-state index in [1.807, 2.05) is 0 Å². The van der Waals surface area contributed by atoms with Crippen molar-refractivity contribution in [1.29, 1.82) is 0 Å². The van der Waals surface area contributed by atoms with E-state index in [-0.39, 0.29) is 6.42 Å². The summed E-state index contributed by atoms with van der Waals surface area (Å²) in [5.41, 5.74) is 0. The fourth-order valence-electron chi connectivity index (χ4n) is 9.73. The van der Waals surface area contributed by atoms with Crippen LogP contribution in [0, 0.1) is 0 Å². The van der Waals surface area contributed by atoms with Crippen LogP contribution in [0.15, 0.2) is 12.2 Å². The number of carbonyl (C=O) groups is 1. The van der Waals surface area contributed by atoms with Crippen LogP contribution in [-0.2, 0) is 14.3 Å². The molecule has 0 aromatic carbocycles. The zero-order valence-corrected chi connectivity index (χ0v) is 44.8. The summed E-state index contributed by atoms with van der Waals surface area (Å²) in [6.45, 7) is 3.47. The predicted molar refractivity (Wildman–Crippen MR) is 284 cm³/mol. The second-order valence-corrected chi connectivity index (χ2v) is 21.1. The lowest BCUT2D eigenvalue weighted by Crippen LogP contribution is -2.60. The quantitative estimate of drug-likeness (QED) is 0.0215. The van der Waals surface area contributed by atoms with Crippen LogP contribution in [0.3, 0.4) is 0 Å². The number of rotatable bonds is 51. The van der Waals surface area contributed by atoms with Crippen LogP contribution in [0.25, 0.3) is 0 Å². The van der Waals surface area contributed by atoms with E-state index in [1.165, 1.54) is 193 Å². The molecule has 1 heterocycles. The molecule has 1 saturated heterocycles. The minimum atomic E-state index is -1.66. The highest BCUT2D eigenvalue weighted by Crippen LogP contribution is 2.24. The molecular weight excluding hydrogens is 871 g/mol. The number of amides is 1. The van der Waals surface area contributed by atoms with Gasteiger partial charge < -0.3 is 50.5 Å². The highest BCUT2D eigenvalue weighted by Gasteiger charge is 2.44. The van der Waals surface area contributed by atoms with Crippen LogP contribution in [0.4, 0.5) is 0 Å². The maximum atomic E-state index is 13.2. The number of carbonyl (C=O) groups excluding carboxylic acids is 1. The maximum Gasteiger partial charge on any atom is 0.249 e. The summed E-state index contributed by atoms with van der Waals surface area (Å²) in [6.07, 6.45) is 44.2. The molecule has 8 N–H and O–H groups in total. The second-order valence-electron chi connectivity index (χ2n) is 21.1. The standard InChI is InChI=1S/C58H113NO10/c1-3-5-7-9-11-13-15-17-19-20-21-22-23-24-25-26-27-28-29-30-32-33-35-37-39-41-43-45-50(61)53(63)49(48-68-58-56(66)55(65)54(64)52(47-60)69-58)59-57(67)51(62)46-44-42-40-38-36-34-31-18-16-14-12-10-8-6-4-2/h31,34,49-56,58,60-66H,3-30,32-33,35-48H2,1-2H3,(H,59,67)/b34-31-. The molecule has 0 bridgehead atoms. The number of allylic oxidation sites excluding steroid dienone is 2. The van der Waals surface area contributed by atoms with Crippen LogP contribution < -0.4 is 5.32 Å². The molecular formula is C58H113NO10. The van der Waals surface area contributed by atoms with Gasteiger partial charge in [-0.1, -0.05) is 257 Å². The molecule has 1 fully saturated rings. The van der Waals surface area contributed by atoms with Gasteiger partial charge in [0.25, 0.3) is 0 Å². The molecule has 1 amide bonds. The summed E-state index contributed by atoms with van der Waals surface area (Å²) >= 11 is 0. The highest BCUT2D eigenvalue weighted by atomic mass is 16.7. The van der Waals surface area contributed by atoms with Crippen LogP contribution in [-0.4, -0.2) is 110 Å². The number of hydrogen-bond donors (Lipinski definition) is 8. The van der Waals surface area contributed by atoms with E-state index in [0.717, 1.165) is 51.4 Å². The van der Waals surface area contributed by atoms with E-state index >= 15 is 0 Å². The van der Waals surface area contributed by atoms with E-state index in [2.05, 4.69) is 31.3 Å². The molecule has 0 aromatic rings. The summed E-state index contributed by atoms with van der Waals surface area (Å²) < 4.78 is 11.1. The van der Waals surface area contributed by atoms with Crippen molar-refractivity contribution in [2.24, 2.45) is 0 Å². The molecule has 0 aliphatic carbocycles. The summed E-state index contributed by atoms with van der Waals surface area (Å²) in [5.74, 6) is -0.702. The number of aliphatic hydroxyl groups excluding tert-OH is 7. The lowest BCUT2D eigenvalue weighted by molar-refractivity contribution is -0.303. The first-order valence-corrected chi connectivity index (χ1v) is 29.6. The average molecular weight is 985 g/mol. The zero-order valence-electron chi connectivity index (χ0n) is 44.8. The molecule has 1 rings (SSSR count). The van der Waals surface area contributed by atoms with Crippen LogP contribution in [0.2, 0.25) is 0 Å². The van der Waals surface area contributed by atoms with Crippen LogP contribution in [0.1, 0.15) is 284 Å². The summed E-state index contributed by atoms with van der Waals surface area (Å²) in [7, 11) is 0. The largest absolute Gasteiger partial charge is 0.394 e. The van der Waals surface area contributed by atoms with Gasteiger partial charge >= 0.3 is 0 Å². The van der Waals surface area contributed by atoms with Crippen molar-refractivity contribution in [2.45, 2.75) is 339 Å². The van der Waals surface area contributed by atoms with Crippen molar-refractivity contribution in [1.82, 2.24) is 5.32 Å². The molecule has 410 valence electrons. The molecule has 9 unspecified atom stereocenters. The van der Waals surface area contributed by atoms with E-state index in [0.29, 0.717) is 19.3 Å². The van der Waals surface area contributed by atoms with Gasteiger partial charge in [-0.2, -0.15) is 0 Å². The lowest BCUT2D eigenvalue weighted by Gasteiger charge is -2.40. The third-order valence-electron chi connectivity index (χ3n) is 14.6. The molecule has 69 heavy (non-hydrogen) atoms. The normalized spacial score (nSPS) is 20.4. The molecule has 11 nitrogen and oxygen atoms in total. The van der Waals surface area contributed by atoms with Gasteiger partial charge in [0.2, 0.25) is 5.91 Å². The van der Waals surface area contributed by atoms with Crippen molar-refractivity contribution in [3.05, 3.63) is 12.2 Å². The van der Waals surface area contributed by atoms with Gasteiger partial charge in [-0.05, 0) is 38.5 Å². The Morgan fingerprint density at radius 2 is 0.841 bits per heavy atom. The molecule has 11 heteroatoms. The Labute approximate surface area is 423 Å². The monoisotopic (exact) mass is 984 g/mol. The van der Waals surface area contributed by atoms with Crippen LogP contribution >= 0.6 is 0 Å². The van der Waals surface area contributed by atoms with E-state index in [9.17, 15) is 40.5 Å². The Hall–Kier alpha value is -1.15. The van der Waals surface area contributed by atoms with Crippen molar-refractivity contribution >= 4 is 5.91 Å². The highest BCUT2D eigenvalue weighted by molar-refractivity contribution is 5.80. The Balaban J connectivity index is 2.26. The summed E-state index contributed by atoms with van der Waals surface area (Å²) in [4.78, 5) is 13.2. The minimum absolute atomic E-state index is 0.248. The topological polar surface area (TPSA) is 189 Å². The molecule has 0 radical (unpaired) electrons. The molecule has 1 aliphatic heterocycles. The third kappa shape index (κ3) is 36.4. The number of unbranched alkanes of at least 4 members (excludes halogenated alkanes) is 37. The Morgan fingerprint density at radius 1 is 0.493 bits per heavy atom. The number of aliphatic hydroxyl groups is 7. The Bertz CT molecular complexity index is 1130. The first kappa shape index (κ1) is 65.9. The molecule has 0 saturated carbocycles. The fourth-order valence-corrected chi connectivity index (χ4v) is 9.73. The van der Waals surface area contributed by atoms with Gasteiger partial charge in [0.05, 0.1) is 25.4 Å². The van der Waals surface area contributed by atoms with Gasteiger partial charge in [0.1, 0.15) is 36.6 Å². The van der Waals surface area contributed by atoms with E-state index < -0.39 is 74.2 Å². The average Bonchev–Trinajstić information content (AvgIpc) is 3.35. The fraction of sp³-hybridized carbons (Fsp3) is 0.948. The molecule has 1 aliphatic rings. The lowest BCUT2D eigenvalue weighted by atomic mass is 9.98. The van der Waals surface area contributed by atoms with Gasteiger partial charge in [-0.25, -0.2) is 0 Å². The van der Waals surface area contributed by atoms with E-state index in [1.54, 1.807) is 0 Å². The van der Waals surface area contributed by atoms with E-state index in [4.69, 9.17) is 9.47 Å². The van der Waals surface area contributed by atoms with Crippen molar-refractivity contribution in [3.63, 3.8) is 0 Å². The maximum absolute atomic E-state index is 13.2. The molecule has 9 atom stereocenters. The van der Waals surface area contributed by atoms with Crippen molar-refractivity contribution in [2.75, 3.05) is 13.2 Å². The van der Waals surface area contributed by atoms with Crippen molar-refractivity contribution in [3.8, 4) is 0 Å². The van der Waals surface area contributed by atoms with Crippen molar-refractivity contribution < 1.29 is 50.0 Å².